The van der Waals surface area contributed by atoms with Gasteiger partial charge in [-0.15, -0.1) is 0 Å². The summed E-state index contributed by atoms with van der Waals surface area (Å²) in [5.41, 5.74) is 0.719. The van der Waals surface area contributed by atoms with E-state index < -0.39 is 0 Å². The normalized spacial score (nSPS) is 17.8. The summed E-state index contributed by atoms with van der Waals surface area (Å²) in [6, 6.07) is 13.7. The molecule has 1 saturated heterocycles. The van der Waals surface area contributed by atoms with Crippen molar-refractivity contribution in [2.75, 3.05) is 13.2 Å². The van der Waals surface area contributed by atoms with Crippen LogP contribution in [0, 0.1) is 5.92 Å². The van der Waals surface area contributed by atoms with E-state index in [1.807, 2.05) is 42.5 Å². The Kier molecular flexibility index (Phi) is 4.33. The first-order chi connectivity index (χ1) is 11.1. The van der Waals surface area contributed by atoms with Gasteiger partial charge in [-0.25, -0.2) is 4.79 Å². The quantitative estimate of drug-likeness (QED) is 0.787. The molecule has 23 heavy (non-hydrogen) atoms. The molecule has 1 aliphatic rings. The maximum absolute atomic E-state index is 12.6. The molecule has 0 aromatic heterocycles. The number of rotatable bonds is 5. The van der Waals surface area contributed by atoms with Gasteiger partial charge in [0.2, 0.25) is 0 Å². The van der Waals surface area contributed by atoms with Gasteiger partial charge in [0.15, 0.2) is 5.78 Å². The van der Waals surface area contributed by atoms with Gasteiger partial charge in [0.05, 0.1) is 6.04 Å². The average molecular weight is 311 g/mol. The van der Waals surface area contributed by atoms with E-state index in [4.69, 9.17) is 4.74 Å². The van der Waals surface area contributed by atoms with Gasteiger partial charge < -0.3 is 9.64 Å². The zero-order chi connectivity index (χ0) is 16.4. The lowest BCUT2D eigenvalue weighted by Crippen LogP contribution is -2.38. The van der Waals surface area contributed by atoms with Crippen LogP contribution in [0.4, 0.5) is 4.79 Å². The van der Waals surface area contributed by atoms with Crippen molar-refractivity contribution in [2.24, 2.45) is 5.92 Å². The molecular formula is C19H21NO3. The van der Waals surface area contributed by atoms with Crippen molar-refractivity contribution in [3.63, 3.8) is 0 Å². The number of carbonyl (C=O) groups is 2. The Balaban J connectivity index is 1.75. The minimum atomic E-state index is -0.311. The molecule has 1 amide bonds. The predicted molar refractivity (Wildman–Crippen MR) is 89.6 cm³/mol. The summed E-state index contributed by atoms with van der Waals surface area (Å²) in [7, 11) is 0. The maximum Gasteiger partial charge on any atom is 0.410 e. The van der Waals surface area contributed by atoms with Crippen molar-refractivity contribution in [3.8, 4) is 0 Å². The van der Waals surface area contributed by atoms with Gasteiger partial charge in [0.1, 0.15) is 6.61 Å². The zero-order valence-corrected chi connectivity index (χ0v) is 13.5. The highest BCUT2D eigenvalue weighted by Gasteiger charge is 2.34. The van der Waals surface area contributed by atoms with E-state index in [1.54, 1.807) is 4.90 Å². The SMILES string of the molecule is CC(C)C1COC(=O)N1CCC(=O)c1cccc2ccccc12. The number of amides is 1. The molecule has 2 aromatic carbocycles. The largest absolute Gasteiger partial charge is 0.447 e. The summed E-state index contributed by atoms with van der Waals surface area (Å²) < 4.78 is 5.12. The molecule has 4 heteroatoms. The fourth-order valence-corrected chi connectivity index (χ4v) is 3.10. The molecule has 1 unspecified atom stereocenters. The second-order valence-corrected chi connectivity index (χ2v) is 6.28. The van der Waals surface area contributed by atoms with Gasteiger partial charge in [-0.1, -0.05) is 56.3 Å². The molecule has 0 saturated carbocycles. The molecule has 1 heterocycles. The van der Waals surface area contributed by atoms with Crippen molar-refractivity contribution in [1.29, 1.82) is 0 Å². The van der Waals surface area contributed by atoms with E-state index in [0.717, 1.165) is 16.3 Å². The van der Waals surface area contributed by atoms with E-state index in [9.17, 15) is 9.59 Å². The summed E-state index contributed by atoms with van der Waals surface area (Å²) in [4.78, 5) is 26.2. The van der Waals surface area contributed by atoms with Crippen LogP contribution in [0.25, 0.3) is 10.8 Å². The third kappa shape index (κ3) is 3.07. The standard InChI is InChI=1S/C19H21NO3/c1-13(2)17-12-23-19(22)20(17)11-10-18(21)16-9-5-7-14-6-3-4-8-15(14)16/h3-9,13,17H,10-12H2,1-2H3. The lowest BCUT2D eigenvalue weighted by molar-refractivity contribution is 0.0964. The van der Waals surface area contributed by atoms with Gasteiger partial charge in [-0.3, -0.25) is 4.79 Å². The van der Waals surface area contributed by atoms with Crippen LogP contribution in [0.5, 0.6) is 0 Å². The molecule has 0 spiro atoms. The zero-order valence-electron chi connectivity index (χ0n) is 13.5. The Morgan fingerprint density at radius 3 is 2.74 bits per heavy atom. The van der Waals surface area contributed by atoms with E-state index >= 15 is 0 Å². The second kappa shape index (κ2) is 6.41. The molecule has 1 atom stereocenters. The van der Waals surface area contributed by atoms with Crippen molar-refractivity contribution in [3.05, 3.63) is 48.0 Å². The highest BCUT2D eigenvalue weighted by molar-refractivity contribution is 6.08. The topological polar surface area (TPSA) is 46.6 Å². The summed E-state index contributed by atoms with van der Waals surface area (Å²) in [5, 5.41) is 2.02. The van der Waals surface area contributed by atoms with Crippen LogP contribution in [0.3, 0.4) is 0 Å². The molecule has 1 fully saturated rings. The molecular weight excluding hydrogens is 290 g/mol. The van der Waals surface area contributed by atoms with E-state index in [0.29, 0.717) is 25.5 Å². The van der Waals surface area contributed by atoms with Crippen LogP contribution in [-0.2, 0) is 4.74 Å². The first-order valence-electron chi connectivity index (χ1n) is 8.02. The lowest BCUT2D eigenvalue weighted by Gasteiger charge is -2.23. The monoisotopic (exact) mass is 311 g/mol. The first-order valence-corrected chi connectivity index (χ1v) is 8.02. The minimum Gasteiger partial charge on any atom is -0.447 e. The van der Waals surface area contributed by atoms with Crippen LogP contribution >= 0.6 is 0 Å². The number of nitrogens with zero attached hydrogens (tertiary/aromatic N) is 1. The maximum atomic E-state index is 12.6. The van der Waals surface area contributed by atoms with E-state index in [-0.39, 0.29) is 17.9 Å². The number of carbonyl (C=O) groups excluding carboxylic acids is 2. The molecule has 0 bridgehead atoms. The molecule has 1 aliphatic heterocycles. The van der Waals surface area contributed by atoms with Crippen LogP contribution in [0.2, 0.25) is 0 Å². The lowest BCUT2D eigenvalue weighted by atomic mass is 9.99. The Hall–Kier alpha value is -2.36. The molecule has 4 nitrogen and oxygen atoms in total. The summed E-state index contributed by atoms with van der Waals surface area (Å²) in [5.74, 6) is 0.373. The number of benzene rings is 2. The number of cyclic esters (lactones) is 1. The molecule has 120 valence electrons. The van der Waals surface area contributed by atoms with Gasteiger partial charge in [0.25, 0.3) is 0 Å². The van der Waals surface area contributed by atoms with E-state index in [1.165, 1.54) is 0 Å². The first kappa shape index (κ1) is 15.5. The molecule has 0 radical (unpaired) electrons. The highest BCUT2D eigenvalue weighted by Crippen LogP contribution is 2.22. The van der Waals surface area contributed by atoms with Gasteiger partial charge >= 0.3 is 6.09 Å². The fourth-order valence-electron chi connectivity index (χ4n) is 3.10. The Labute approximate surface area is 136 Å². The minimum absolute atomic E-state index is 0.0582. The number of hydrogen-bond donors (Lipinski definition) is 0. The molecule has 0 N–H and O–H groups in total. The van der Waals surface area contributed by atoms with E-state index in [2.05, 4.69) is 13.8 Å². The second-order valence-electron chi connectivity index (χ2n) is 6.28. The van der Waals surface area contributed by atoms with Crippen molar-refractivity contribution in [2.45, 2.75) is 26.3 Å². The van der Waals surface area contributed by atoms with Crippen LogP contribution in [0.15, 0.2) is 42.5 Å². The number of hydrogen-bond acceptors (Lipinski definition) is 3. The fraction of sp³-hybridized carbons (Fsp3) is 0.368. The number of fused-ring (bicyclic) bond motifs is 1. The average Bonchev–Trinajstić information content (AvgIpc) is 2.93. The Morgan fingerprint density at radius 1 is 1.22 bits per heavy atom. The van der Waals surface area contributed by atoms with Crippen molar-refractivity contribution in [1.82, 2.24) is 4.90 Å². The molecule has 0 aliphatic carbocycles. The van der Waals surface area contributed by atoms with Gasteiger partial charge in [-0.2, -0.15) is 0 Å². The number of ketones is 1. The molecule has 2 aromatic rings. The summed E-state index contributed by atoms with van der Waals surface area (Å²) in [6.45, 7) is 4.95. The summed E-state index contributed by atoms with van der Waals surface area (Å²) >= 11 is 0. The Morgan fingerprint density at radius 2 is 1.96 bits per heavy atom. The highest BCUT2D eigenvalue weighted by atomic mass is 16.6. The number of ether oxygens (including phenoxy) is 1. The predicted octanol–water partition coefficient (Wildman–Crippen LogP) is 3.89. The summed E-state index contributed by atoms with van der Waals surface area (Å²) in [6.07, 6.45) is 0.00111. The van der Waals surface area contributed by atoms with Crippen LogP contribution < -0.4 is 0 Å². The van der Waals surface area contributed by atoms with Crippen molar-refractivity contribution < 1.29 is 14.3 Å². The van der Waals surface area contributed by atoms with Gasteiger partial charge in [0, 0.05) is 18.5 Å². The van der Waals surface area contributed by atoms with Crippen LogP contribution in [0.1, 0.15) is 30.6 Å². The van der Waals surface area contributed by atoms with Gasteiger partial charge in [-0.05, 0) is 16.7 Å². The molecule has 3 rings (SSSR count). The van der Waals surface area contributed by atoms with Crippen LogP contribution in [-0.4, -0.2) is 36.0 Å². The number of Topliss-reactive ketones (excluding diaryl/α,β-unsaturated/α-hetero) is 1. The third-order valence-corrected chi connectivity index (χ3v) is 4.45. The Bertz CT molecular complexity index is 733. The smallest absolute Gasteiger partial charge is 0.410 e. The third-order valence-electron chi connectivity index (χ3n) is 4.45. The van der Waals surface area contributed by atoms with Crippen molar-refractivity contribution >= 4 is 22.6 Å².